The Morgan fingerprint density at radius 2 is 2.17 bits per heavy atom. The lowest BCUT2D eigenvalue weighted by Crippen LogP contribution is -2.16. The summed E-state index contributed by atoms with van der Waals surface area (Å²) in [5.41, 5.74) is -0.00155. The Balaban J connectivity index is 1.80. The summed E-state index contributed by atoms with van der Waals surface area (Å²) in [4.78, 5) is 0. The van der Waals surface area contributed by atoms with Gasteiger partial charge in [0.05, 0.1) is 33.0 Å². The summed E-state index contributed by atoms with van der Waals surface area (Å²) in [5, 5.41) is 0. The summed E-state index contributed by atoms with van der Waals surface area (Å²) in [6, 6.07) is 0. The molecule has 0 saturated carbocycles. The van der Waals surface area contributed by atoms with Gasteiger partial charge in [-0.15, -0.1) is 6.58 Å². The molecule has 1 fully saturated rings. The van der Waals surface area contributed by atoms with Gasteiger partial charge in [-0.2, -0.15) is 0 Å². The summed E-state index contributed by atoms with van der Waals surface area (Å²) in [6.07, 6.45) is 1.73. The molecule has 1 unspecified atom stereocenters. The fourth-order valence-electron chi connectivity index (χ4n) is 0.779. The smallest absolute Gasteiger partial charge is 0.112 e. The zero-order chi connectivity index (χ0) is 8.86. The zero-order valence-electron chi connectivity index (χ0n) is 7.54. The molecule has 1 aliphatic heterocycles. The molecule has 0 radical (unpaired) electrons. The van der Waals surface area contributed by atoms with Crippen LogP contribution in [0.5, 0.6) is 0 Å². The Hall–Kier alpha value is -0.380. The molecule has 70 valence electrons. The summed E-state index contributed by atoms with van der Waals surface area (Å²) in [7, 11) is 0. The fraction of sp³-hybridized carbons (Fsp3) is 0.778. The first-order valence-electron chi connectivity index (χ1n) is 4.17. The van der Waals surface area contributed by atoms with Crippen molar-refractivity contribution >= 4 is 0 Å². The van der Waals surface area contributed by atoms with Crippen molar-refractivity contribution in [1.82, 2.24) is 0 Å². The lowest BCUT2D eigenvalue weighted by molar-refractivity contribution is 0.0360. The molecule has 0 aromatic carbocycles. The van der Waals surface area contributed by atoms with Gasteiger partial charge in [0, 0.05) is 0 Å². The molecule has 0 amide bonds. The first-order valence-corrected chi connectivity index (χ1v) is 4.17. The molecule has 0 bridgehead atoms. The van der Waals surface area contributed by atoms with E-state index in [2.05, 4.69) is 6.58 Å². The Bertz CT molecular complexity index is 141. The van der Waals surface area contributed by atoms with Crippen molar-refractivity contribution in [2.45, 2.75) is 12.5 Å². The second kappa shape index (κ2) is 4.60. The van der Waals surface area contributed by atoms with Gasteiger partial charge in [0.1, 0.15) is 5.60 Å². The lowest BCUT2D eigenvalue weighted by Gasteiger charge is -2.06. The summed E-state index contributed by atoms with van der Waals surface area (Å²) < 4.78 is 15.6. The van der Waals surface area contributed by atoms with E-state index in [4.69, 9.17) is 14.2 Å². The highest BCUT2D eigenvalue weighted by Gasteiger charge is 2.39. The molecule has 0 aromatic heterocycles. The van der Waals surface area contributed by atoms with Crippen molar-refractivity contribution in [3.8, 4) is 0 Å². The molecule has 0 N–H and O–H groups in total. The van der Waals surface area contributed by atoms with E-state index >= 15 is 0 Å². The number of rotatable bonds is 7. The average molecular weight is 172 g/mol. The van der Waals surface area contributed by atoms with Gasteiger partial charge in [-0.3, -0.25) is 0 Å². The first kappa shape index (κ1) is 9.71. The highest BCUT2D eigenvalue weighted by molar-refractivity contribution is 4.86. The monoisotopic (exact) mass is 172 g/mol. The molecule has 3 heteroatoms. The largest absolute Gasteiger partial charge is 0.376 e. The lowest BCUT2D eigenvalue weighted by atomic mass is 10.2. The van der Waals surface area contributed by atoms with Crippen molar-refractivity contribution in [3.63, 3.8) is 0 Å². The molecule has 1 aliphatic rings. The van der Waals surface area contributed by atoms with Gasteiger partial charge >= 0.3 is 0 Å². The second-order valence-electron chi connectivity index (χ2n) is 3.15. The predicted octanol–water partition coefficient (Wildman–Crippen LogP) is 0.994. The minimum atomic E-state index is -0.00155. The normalized spacial score (nSPS) is 27.1. The third-order valence-corrected chi connectivity index (χ3v) is 1.65. The molecule has 1 heterocycles. The van der Waals surface area contributed by atoms with Gasteiger partial charge in [0.25, 0.3) is 0 Å². The summed E-state index contributed by atoms with van der Waals surface area (Å²) >= 11 is 0. The molecule has 0 aromatic rings. The van der Waals surface area contributed by atoms with Crippen LogP contribution in [0, 0.1) is 0 Å². The second-order valence-corrected chi connectivity index (χ2v) is 3.15. The average Bonchev–Trinajstić information content (AvgIpc) is 2.77. The summed E-state index contributed by atoms with van der Waals surface area (Å²) in [6.45, 7) is 8.93. The van der Waals surface area contributed by atoms with Crippen LogP contribution in [0.15, 0.2) is 12.7 Å². The van der Waals surface area contributed by atoms with E-state index in [0.717, 1.165) is 6.61 Å². The summed E-state index contributed by atoms with van der Waals surface area (Å²) in [5.74, 6) is 0. The van der Waals surface area contributed by atoms with E-state index < -0.39 is 0 Å². The van der Waals surface area contributed by atoms with Gasteiger partial charge < -0.3 is 14.2 Å². The molecule has 3 nitrogen and oxygen atoms in total. The third-order valence-electron chi connectivity index (χ3n) is 1.65. The SMILES string of the molecule is C=CCOCCOCC1(C)CO1. The van der Waals surface area contributed by atoms with Gasteiger partial charge in [-0.05, 0) is 6.92 Å². The molecular formula is C9H16O3. The number of epoxide rings is 1. The fourth-order valence-corrected chi connectivity index (χ4v) is 0.779. The van der Waals surface area contributed by atoms with Gasteiger partial charge in [-0.1, -0.05) is 6.08 Å². The van der Waals surface area contributed by atoms with Gasteiger partial charge in [0.2, 0.25) is 0 Å². The van der Waals surface area contributed by atoms with Crippen LogP contribution in [-0.4, -0.2) is 38.6 Å². The minimum Gasteiger partial charge on any atom is -0.376 e. The number of ether oxygens (including phenoxy) is 3. The number of hydrogen-bond donors (Lipinski definition) is 0. The third kappa shape index (κ3) is 3.85. The Morgan fingerprint density at radius 3 is 2.75 bits per heavy atom. The van der Waals surface area contributed by atoms with Crippen molar-refractivity contribution in [2.75, 3.05) is 33.0 Å². The molecule has 0 aliphatic carbocycles. The van der Waals surface area contributed by atoms with Crippen LogP contribution in [-0.2, 0) is 14.2 Å². The van der Waals surface area contributed by atoms with Crippen LogP contribution in [0.3, 0.4) is 0 Å². The van der Waals surface area contributed by atoms with Crippen molar-refractivity contribution in [1.29, 1.82) is 0 Å². The van der Waals surface area contributed by atoms with Gasteiger partial charge in [-0.25, -0.2) is 0 Å². The van der Waals surface area contributed by atoms with Crippen LogP contribution in [0.25, 0.3) is 0 Å². The maximum absolute atomic E-state index is 5.32. The highest BCUT2D eigenvalue weighted by Crippen LogP contribution is 2.25. The first-order chi connectivity index (χ1) is 5.77. The molecule has 1 rings (SSSR count). The highest BCUT2D eigenvalue weighted by atomic mass is 16.6. The minimum absolute atomic E-state index is 0.00155. The molecule has 12 heavy (non-hydrogen) atoms. The quantitative estimate of drug-likeness (QED) is 0.326. The van der Waals surface area contributed by atoms with Crippen LogP contribution in [0.4, 0.5) is 0 Å². The Morgan fingerprint density at radius 1 is 1.50 bits per heavy atom. The van der Waals surface area contributed by atoms with Crippen LogP contribution >= 0.6 is 0 Å². The van der Waals surface area contributed by atoms with Crippen molar-refractivity contribution in [2.24, 2.45) is 0 Å². The molecule has 1 saturated heterocycles. The van der Waals surface area contributed by atoms with Crippen LogP contribution in [0.2, 0.25) is 0 Å². The van der Waals surface area contributed by atoms with E-state index in [1.54, 1.807) is 6.08 Å². The van der Waals surface area contributed by atoms with Crippen molar-refractivity contribution < 1.29 is 14.2 Å². The van der Waals surface area contributed by atoms with Crippen LogP contribution < -0.4 is 0 Å². The van der Waals surface area contributed by atoms with E-state index in [0.29, 0.717) is 26.4 Å². The topological polar surface area (TPSA) is 31.0 Å². The number of hydrogen-bond acceptors (Lipinski definition) is 3. The predicted molar refractivity (Wildman–Crippen MR) is 46.2 cm³/mol. The van der Waals surface area contributed by atoms with E-state index in [1.807, 2.05) is 6.92 Å². The standard InChI is InChI=1S/C9H16O3/c1-3-4-10-5-6-11-7-9(2)8-12-9/h3H,1,4-8H2,2H3. The molecule has 0 spiro atoms. The molecular weight excluding hydrogens is 156 g/mol. The van der Waals surface area contributed by atoms with Gasteiger partial charge in [0.15, 0.2) is 0 Å². The van der Waals surface area contributed by atoms with Crippen LogP contribution in [0.1, 0.15) is 6.92 Å². The molecule has 1 atom stereocenters. The Labute approximate surface area is 73.3 Å². The van der Waals surface area contributed by atoms with E-state index in [-0.39, 0.29) is 5.60 Å². The van der Waals surface area contributed by atoms with E-state index in [9.17, 15) is 0 Å². The zero-order valence-corrected chi connectivity index (χ0v) is 7.54. The maximum Gasteiger partial charge on any atom is 0.112 e. The maximum atomic E-state index is 5.32. The van der Waals surface area contributed by atoms with Crippen molar-refractivity contribution in [3.05, 3.63) is 12.7 Å². The van der Waals surface area contributed by atoms with E-state index in [1.165, 1.54) is 0 Å². The Kier molecular flexibility index (Phi) is 3.72.